The zero-order valence-corrected chi connectivity index (χ0v) is 6.47. The summed E-state index contributed by atoms with van der Waals surface area (Å²) in [7, 11) is 1.37. The van der Waals surface area contributed by atoms with Gasteiger partial charge in [-0.05, 0) is 0 Å². The number of nitrogens with one attached hydrogen (secondary N) is 1. The summed E-state index contributed by atoms with van der Waals surface area (Å²) in [5.41, 5.74) is 0. The normalized spacial score (nSPS) is 41.3. The molecular formula is C6H11NO5. The van der Waals surface area contributed by atoms with E-state index < -0.39 is 30.5 Å². The first-order valence-corrected chi connectivity index (χ1v) is 3.49. The van der Waals surface area contributed by atoms with Crippen molar-refractivity contribution in [1.29, 1.82) is 0 Å². The zero-order valence-electron chi connectivity index (χ0n) is 6.47. The molecule has 0 radical (unpaired) electrons. The van der Waals surface area contributed by atoms with Crippen LogP contribution in [-0.4, -0.2) is 52.9 Å². The van der Waals surface area contributed by atoms with E-state index in [2.05, 4.69) is 10.1 Å². The Labute approximate surface area is 68.8 Å². The molecular weight excluding hydrogens is 166 g/mol. The molecule has 1 heterocycles. The Hall–Kier alpha value is -0.690. The summed E-state index contributed by atoms with van der Waals surface area (Å²) >= 11 is 0. The molecule has 70 valence electrons. The topological polar surface area (TPSA) is 99.0 Å². The van der Waals surface area contributed by atoms with Crippen molar-refractivity contribution >= 4 is 5.91 Å². The number of aliphatic hydroxyl groups excluding tert-OH is 3. The molecule has 0 aromatic rings. The molecule has 0 aromatic carbocycles. The van der Waals surface area contributed by atoms with Crippen LogP contribution in [0.3, 0.4) is 0 Å². The first kappa shape index (κ1) is 9.40. The number of amides is 1. The van der Waals surface area contributed by atoms with Crippen molar-refractivity contribution in [2.24, 2.45) is 0 Å². The molecule has 0 bridgehead atoms. The van der Waals surface area contributed by atoms with Crippen molar-refractivity contribution in [3.05, 3.63) is 0 Å². The third-order valence-corrected chi connectivity index (χ3v) is 1.74. The second-order valence-corrected chi connectivity index (χ2v) is 2.54. The third kappa shape index (κ3) is 1.42. The molecule has 6 heteroatoms. The van der Waals surface area contributed by atoms with Gasteiger partial charge >= 0.3 is 0 Å². The summed E-state index contributed by atoms with van der Waals surface area (Å²) in [5, 5.41) is 29.2. The van der Waals surface area contributed by atoms with Gasteiger partial charge in [0.05, 0.1) is 0 Å². The molecule has 0 unspecified atom stereocenters. The van der Waals surface area contributed by atoms with E-state index in [-0.39, 0.29) is 0 Å². The van der Waals surface area contributed by atoms with Crippen molar-refractivity contribution in [3.8, 4) is 0 Å². The van der Waals surface area contributed by atoms with Crippen molar-refractivity contribution in [2.45, 2.75) is 24.6 Å². The van der Waals surface area contributed by atoms with Gasteiger partial charge in [0.25, 0.3) is 5.91 Å². The number of likely N-dealkylation sites (N-methyl/N-ethyl adjacent to an activating group) is 1. The lowest BCUT2D eigenvalue weighted by Crippen LogP contribution is -2.41. The Morgan fingerprint density at radius 3 is 2.25 bits per heavy atom. The minimum Gasteiger partial charge on any atom is -0.387 e. The van der Waals surface area contributed by atoms with E-state index >= 15 is 0 Å². The molecule has 1 aliphatic rings. The lowest BCUT2D eigenvalue weighted by molar-refractivity contribution is -0.150. The zero-order chi connectivity index (χ0) is 9.30. The fourth-order valence-corrected chi connectivity index (χ4v) is 1.02. The third-order valence-electron chi connectivity index (χ3n) is 1.74. The first-order chi connectivity index (χ1) is 5.57. The van der Waals surface area contributed by atoms with Gasteiger partial charge in [0.15, 0.2) is 12.4 Å². The quantitative estimate of drug-likeness (QED) is 0.346. The highest BCUT2D eigenvalue weighted by atomic mass is 16.6. The predicted octanol–water partition coefficient (Wildman–Crippen LogP) is -2.83. The van der Waals surface area contributed by atoms with Crippen molar-refractivity contribution < 1.29 is 24.9 Å². The average molecular weight is 177 g/mol. The van der Waals surface area contributed by atoms with Crippen LogP contribution in [0, 0.1) is 0 Å². The molecule has 1 amide bonds. The van der Waals surface area contributed by atoms with Crippen molar-refractivity contribution in [1.82, 2.24) is 5.32 Å². The van der Waals surface area contributed by atoms with Gasteiger partial charge in [-0.1, -0.05) is 0 Å². The van der Waals surface area contributed by atoms with E-state index in [9.17, 15) is 4.79 Å². The molecule has 6 nitrogen and oxygen atoms in total. The molecule has 1 saturated heterocycles. The maximum Gasteiger partial charge on any atom is 0.251 e. The van der Waals surface area contributed by atoms with Crippen LogP contribution in [0.25, 0.3) is 0 Å². The largest absolute Gasteiger partial charge is 0.387 e. The smallest absolute Gasteiger partial charge is 0.251 e. The van der Waals surface area contributed by atoms with Gasteiger partial charge < -0.3 is 25.4 Å². The van der Waals surface area contributed by atoms with Gasteiger partial charge in [0.1, 0.15) is 12.2 Å². The number of rotatable bonds is 1. The van der Waals surface area contributed by atoms with E-state index in [0.29, 0.717) is 0 Å². The van der Waals surface area contributed by atoms with Gasteiger partial charge in [-0.3, -0.25) is 4.79 Å². The summed E-state index contributed by atoms with van der Waals surface area (Å²) in [4.78, 5) is 10.9. The first-order valence-electron chi connectivity index (χ1n) is 3.49. The van der Waals surface area contributed by atoms with Crippen molar-refractivity contribution in [3.63, 3.8) is 0 Å². The van der Waals surface area contributed by atoms with Crippen LogP contribution >= 0.6 is 0 Å². The lowest BCUT2D eigenvalue weighted by atomic mass is 10.1. The lowest BCUT2D eigenvalue weighted by Gasteiger charge is -2.11. The van der Waals surface area contributed by atoms with Gasteiger partial charge in [-0.25, -0.2) is 0 Å². The summed E-state index contributed by atoms with van der Waals surface area (Å²) in [6.45, 7) is 0. The van der Waals surface area contributed by atoms with Crippen LogP contribution in [-0.2, 0) is 9.53 Å². The molecule has 0 aliphatic carbocycles. The minimum atomic E-state index is -1.50. The number of hydrogen-bond acceptors (Lipinski definition) is 5. The van der Waals surface area contributed by atoms with Gasteiger partial charge in [-0.15, -0.1) is 0 Å². The van der Waals surface area contributed by atoms with Crippen LogP contribution in [0.5, 0.6) is 0 Å². The molecule has 12 heavy (non-hydrogen) atoms. The Morgan fingerprint density at radius 1 is 1.33 bits per heavy atom. The predicted molar refractivity (Wildman–Crippen MR) is 37.0 cm³/mol. The Kier molecular flexibility index (Phi) is 2.63. The van der Waals surface area contributed by atoms with Crippen LogP contribution in [0.2, 0.25) is 0 Å². The number of ether oxygens (including phenoxy) is 1. The number of aliphatic hydroxyl groups is 3. The summed E-state index contributed by atoms with van der Waals surface area (Å²) in [6.07, 6.45) is -5.49. The van der Waals surface area contributed by atoms with E-state index in [1.807, 2.05) is 0 Å². The number of carbonyl (C=O) groups excluding carboxylic acids is 1. The van der Waals surface area contributed by atoms with Crippen LogP contribution in [0.1, 0.15) is 0 Å². The summed E-state index contributed by atoms with van der Waals surface area (Å²) in [5.74, 6) is -0.571. The van der Waals surface area contributed by atoms with Gasteiger partial charge in [-0.2, -0.15) is 0 Å². The second kappa shape index (κ2) is 3.36. The fourth-order valence-electron chi connectivity index (χ4n) is 1.02. The monoisotopic (exact) mass is 177 g/mol. The minimum absolute atomic E-state index is 0.571. The summed E-state index contributed by atoms with van der Waals surface area (Å²) in [6, 6.07) is 0. The molecule has 0 saturated carbocycles. The fraction of sp³-hybridized carbons (Fsp3) is 0.833. The van der Waals surface area contributed by atoms with Gasteiger partial charge in [0, 0.05) is 7.05 Å². The van der Waals surface area contributed by atoms with E-state index in [1.165, 1.54) is 7.05 Å². The molecule has 1 rings (SSSR count). The molecule has 4 atom stereocenters. The van der Waals surface area contributed by atoms with Gasteiger partial charge in [0.2, 0.25) is 0 Å². The SMILES string of the molecule is CNC(=O)[C@H]1O[C@@H](O)[C@H](O)[C@@H]1O. The highest BCUT2D eigenvalue weighted by Crippen LogP contribution is 2.19. The second-order valence-electron chi connectivity index (χ2n) is 2.54. The Bertz CT molecular complexity index is 185. The standard InChI is InChI=1S/C6H11NO5/c1-7-5(10)4-2(8)3(9)6(11)12-4/h2-4,6,8-9,11H,1H3,(H,7,10)/t2-,3+,4-,6+/m0/s1. The van der Waals surface area contributed by atoms with E-state index in [0.717, 1.165) is 0 Å². The Morgan fingerprint density at radius 2 is 1.92 bits per heavy atom. The highest BCUT2D eigenvalue weighted by molar-refractivity contribution is 5.81. The van der Waals surface area contributed by atoms with Crippen LogP contribution in [0.4, 0.5) is 0 Å². The molecule has 0 aromatic heterocycles. The van der Waals surface area contributed by atoms with E-state index in [4.69, 9.17) is 15.3 Å². The molecule has 4 N–H and O–H groups in total. The molecule has 1 fully saturated rings. The van der Waals surface area contributed by atoms with Crippen molar-refractivity contribution in [2.75, 3.05) is 7.05 Å². The highest BCUT2D eigenvalue weighted by Gasteiger charge is 2.45. The average Bonchev–Trinajstić information content (AvgIpc) is 2.32. The molecule has 1 aliphatic heterocycles. The van der Waals surface area contributed by atoms with Crippen LogP contribution in [0.15, 0.2) is 0 Å². The summed E-state index contributed by atoms with van der Waals surface area (Å²) < 4.78 is 4.58. The maximum absolute atomic E-state index is 10.9. The Balaban J connectivity index is 2.64. The van der Waals surface area contributed by atoms with E-state index in [1.54, 1.807) is 0 Å². The maximum atomic E-state index is 10.9. The number of carbonyl (C=O) groups is 1. The van der Waals surface area contributed by atoms with Crippen LogP contribution < -0.4 is 5.32 Å². The number of hydrogen-bond donors (Lipinski definition) is 4. The molecule has 0 spiro atoms.